The van der Waals surface area contributed by atoms with E-state index in [1.165, 1.54) is 12.3 Å². The van der Waals surface area contributed by atoms with Crippen LogP contribution in [0.25, 0.3) is 0 Å². The molecule has 0 saturated heterocycles. The first-order valence-electron chi connectivity index (χ1n) is 5.64. The first-order chi connectivity index (χ1) is 8.60. The van der Waals surface area contributed by atoms with E-state index in [2.05, 4.69) is 9.71 Å². The Labute approximate surface area is 112 Å². The maximum Gasteiger partial charge on any atom is 0.258 e. The highest BCUT2D eigenvalue weighted by Crippen LogP contribution is 2.07. The summed E-state index contributed by atoms with van der Waals surface area (Å²) in [6, 6.07) is 2.95. The van der Waals surface area contributed by atoms with Gasteiger partial charge in [0.2, 0.25) is 0 Å². The largest absolute Gasteiger partial charge is 0.392 e. The maximum absolute atomic E-state index is 11.8. The van der Waals surface area contributed by atoms with Crippen LogP contribution in [0, 0.1) is 0 Å². The molecule has 0 atom stereocenters. The van der Waals surface area contributed by atoms with Crippen LogP contribution in [0.5, 0.6) is 0 Å². The van der Waals surface area contributed by atoms with Crippen molar-refractivity contribution in [3.63, 3.8) is 0 Å². The predicted octanol–water partition coefficient (Wildman–Crippen LogP) is 0.995. The fourth-order valence-electron chi connectivity index (χ4n) is 1.32. The Kier molecular flexibility index (Phi) is 6.62. The van der Waals surface area contributed by atoms with Crippen molar-refractivity contribution < 1.29 is 13.5 Å². The SMILES string of the molecule is CSCCCCNS(=O)(=O)c1ccc(CO)cn1. The Morgan fingerprint density at radius 1 is 1.39 bits per heavy atom. The van der Waals surface area contributed by atoms with Gasteiger partial charge in [0.25, 0.3) is 10.0 Å². The van der Waals surface area contributed by atoms with Crippen LogP contribution in [-0.4, -0.2) is 37.1 Å². The number of unbranched alkanes of at least 4 members (excludes halogenated alkanes) is 1. The molecule has 2 N–H and O–H groups in total. The maximum atomic E-state index is 11.8. The molecule has 0 spiro atoms. The molecule has 18 heavy (non-hydrogen) atoms. The second kappa shape index (κ2) is 7.73. The molecular weight excluding hydrogens is 272 g/mol. The number of aliphatic hydroxyl groups is 1. The van der Waals surface area contributed by atoms with E-state index < -0.39 is 10.0 Å². The summed E-state index contributed by atoms with van der Waals surface area (Å²) in [5.74, 6) is 1.03. The zero-order chi connectivity index (χ0) is 13.4. The van der Waals surface area contributed by atoms with E-state index in [0.29, 0.717) is 12.1 Å². The number of nitrogens with one attached hydrogen (secondary N) is 1. The Morgan fingerprint density at radius 3 is 2.72 bits per heavy atom. The second-order valence-corrected chi connectivity index (χ2v) is 6.46. The highest BCUT2D eigenvalue weighted by molar-refractivity contribution is 7.98. The van der Waals surface area contributed by atoms with Crippen LogP contribution < -0.4 is 4.72 Å². The van der Waals surface area contributed by atoms with Crippen molar-refractivity contribution in [1.29, 1.82) is 0 Å². The quantitative estimate of drug-likeness (QED) is 0.698. The van der Waals surface area contributed by atoms with Crippen LogP contribution in [-0.2, 0) is 16.6 Å². The normalized spacial score (nSPS) is 11.7. The van der Waals surface area contributed by atoms with E-state index in [0.717, 1.165) is 18.6 Å². The molecule has 1 rings (SSSR count). The smallest absolute Gasteiger partial charge is 0.258 e. The number of rotatable bonds is 8. The number of pyridine rings is 1. The molecule has 1 aromatic heterocycles. The lowest BCUT2D eigenvalue weighted by Gasteiger charge is -2.06. The Balaban J connectivity index is 2.51. The van der Waals surface area contributed by atoms with Gasteiger partial charge in [0.15, 0.2) is 5.03 Å². The number of aromatic nitrogens is 1. The molecule has 0 unspecified atom stereocenters. The summed E-state index contributed by atoms with van der Waals surface area (Å²) in [5.41, 5.74) is 0.592. The third kappa shape index (κ3) is 4.93. The summed E-state index contributed by atoms with van der Waals surface area (Å²) < 4.78 is 26.2. The molecular formula is C11H18N2O3S2. The Bertz CT molecular complexity index is 446. The van der Waals surface area contributed by atoms with Crippen molar-refractivity contribution in [1.82, 2.24) is 9.71 Å². The fraction of sp³-hybridized carbons (Fsp3) is 0.545. The van der Waals surface area contributed by atoms with Gasteiger partial charge in [-0.05, 0) is 36.5 Å². The monoisotopic (exact) mass is 290 g/mol. The second-order valence-electron chi connectivity index (χ2n) is 3.76. The zero-order valence-corrected chi connectivity index (χ0v) is 11.9. The number of nitrogens with zero attached hydrogens (tertiary/aromatic N) is 1. The van der Waals surface area contributed by atoms with Crippen LogP contribution in [0.3, 0.4) is 0 Å². The molecule has 0 amide bonds. The average molecular weight is 290 g/mol. The number of hydrogen-bond acceptors (Lipinski definition) is 5. The number of thioether (sulfide) groups is 1. The third-order valence-corrected chi connectivity index (χ3v) is 4.40. The molecule has 0 bridgehead atoms. The van der Waals surface area contributed by atoms with Gasteiger partial charge in [-0.3, -0.25) is 0 Å². The molecule has 1 aromatic rings. The minimum absolute atomic E-state index is 0.00966. The van der Waals surface area contributed by atoms with E-state index in [1.54, 1.807) is 17.8 Å². The molecule has 0 radical (unpaired) electrons. The molecule has 0 aromatic carbocycles. The van der Waals surface area contributed by atoms with E-state index in [1.807, 2.05) is 6.26 Å². The highest BCUT2D eigenvalue weighted by Gasteiger charge is 2.14. The van der Waals surface area contributed by atoms with Crippen molar-refractivity contribution in [3.05, 3.63) is 23.9 Å². The van der Waals surface area contributed by atoms with Crippen LogP contribution in [0.15, 0.2) is 23.4 Å². The molecule has 1 heterocycles. The van der Waals surface area contributed by atoms with Gasteiger partial charge in [-0.1, -0.05) is 6.07 Å². The van der Waals surface area contributed by atoms with Gasteiger partial charge in [-0.15, -0.1) is 0 Å². The Hall–Kier alpha value is -0.630. The fourth-order valence-corrected chi connectivity index (χ4v) is 2.81. The van der Waals surface area contributed by atoms with Crippen molar-refractivity contribution in [3.8, 4) is 0 Å². The molecule has 5 nitrogen and oxygen atoms in total. The van der Waals surface area contributed by atoms with Crippen molar-refractivity contribution in [2.45, 2.75) is 24.5 Å². The number of aliphatic hydroxyl groups excluding tert-OH is 1. The Morgan fingerprint density at radius 2 is 2.17 bits per heavy atom. The van der Waals surface area contributed by atoms with Gasteiger partial charge in [-0.25, -0.2) is 18.1 Å². The van der Waals surface area contributed by atoms with Crippen LogP contribution in [0.4, 0.5) is 0 Å². The van der Waals surface area contributed by atoms with Gasteiger partial charge in [-0.2, -0.15) is 11.8 Å². The standard InChI is InChI=1S/C11H18N2O3S2/c1-17-7-3-2-6-13-18(15,16)11-5-4-10(9-14)8-12-11/h4-5,8,13-14H,2-3,6-7,9H2,1H3. The molecule has 7 heteroatoms. The van der Waals surface area contributed by atoms with Gasteiger partial charge >= 0.3 is 0 Å². The van der Waals surface area contributed by atoms with Gasteiger partial charge < -0.3 is 5.11 Å². The average Bonchev–Trinajstić information content (AvgIpc) is 2.38. The minimum Gasteiger partial charge on any atom is -0.392 e. The molecule has 0 aliphatic heterocycles. The molecule has 0 aliphatic rings. The van der Waals surface area contributed by atoms with E-state index >= 15 is 0 Å². The predicted molar refractivity (Wildman–Crippen MR) is 73.0 cm³/mol. The topological polar surface area (TPSA) is 79.3 Å². The lowest BCUT2D eigenvalue weighted by molar-refractivity contribution is 0.281. The molecule has 0 fully saturated rings. The molecule has 102 valence electrons. The van der Waals surface area contributed by atoms with Gasteiger partial charge in [0.1, 0.15) is 0 Å². The van der Waals surface area contributed by atoms with Gasteiger partial charge in [0, 0.05) is 12.7 Å². The lowest BCUT2D eigenvalue weighted by atomic mass is 10.3. The molecule has 0 aliphatic carbocycles. The minimum atomic E-state index is -3.52. The zero-order valence-electron chi connectivity index (χ0n) is 10.3. The summed E-state index contributed by atoms with van der Waals surface area (Å²) in [4.78, 5) is 3.82. The first kappa shape index (κ1) is 15.4. The molecule has 0 saturated carbocycles. The first-order valence-corrected chi connectivity index (χ1v) is 8.52. The summed E-state index contributed by atoms with van der Waals surface area (Å²) in [5, 5.41) is 8.84. The number of hydrogen-bond donors (Lipinski definition) is 2. The van der Waals surface area contributed by atoms with Crippen molar-refractivity contribution in [2.24, 2.45) is 0 Å². The number of sulfonamides is 1. The van der Waals surface area contributed by atoms with Crippen LogP contribution in [0.1, 0.15) is 18.4 Å². The van der Waals surface area contributed by atoms with Crippen molar-refractivity contribution in [2.75, 3.05) is 18.6 Å². The summed E-state index contributed by atoms with van der Waals surface area (Å²) >= 11 is 1.75. The van der Waals surface area contributed by atoms with Gasteiger partial charge in [0.05, 0.1) is 6.61 Å². The highest BCUT2D eigenvalue weighted by atomic mass is 32.2. The van der Waals surface area contributed by atoms with Crippen molar-refractivity contribution >= 4 is 21.8 Å². The summed E-state index contributed by atoms with van der Waals surface area (Å²) in [6.07, 6.45) is 5.19. The van der Waals surface area contributed by atoms with Crippen LogP contribution >= 0.6 is 11.8 Å². The summed E-state index contributed by atoms with van der Waals surface area (Å²) in [7, 11) is -3.52. The van der Waals surface area contributed by atoms with E-state index in [-0.39, 0.29) is 11.6 Å². The summed E-state index contributed by atoms with van der Waals surface area (Å²) in [6.45, 7) is 0.280. The van der Waals surface area contributed by atoms with E-state index in [4.69, 9.17) is 5.11 Å². The van der Waals surface area contributed by atoms with E-state index in [9.17, 15) is 8.42 Å². The third-order valence-electron chi connectivity index (χ3n) is 2.32. The lowest BCUT2D eigenvalue weighted by Crippen LogP contribution is -2.25. The van der Waals surface area contributed by atoms with Crippen LogP contribution in [0.2, 0.25) is 0 Å².